The Hall–Kier alpha value is -3.35. The van der Waals surface area contributed by atoms with Crippen LogP contribution in [-0.2, 0) is 16.0 Å². The molecule has 2 N–H and O–H groups in total. The summed E-state index contributed by atoms with van der Waals surface area (Å²) in [6, 6.07) is 12.7. The van der Waals surface area contributed by atoms with Crippen LogP contribution in [0.4, 0.5) is 5.69 Å². The first-order valence-corrected chi connectivity index (χ1v) is 8.29. The lowest BCUT2D eigenvalue weighted by molar-refractivity contribution is -0.121. The number of benzene rings is 2. The third-order valence-electron chi connectivity index (χ3n) is 4.29. The SMILES string of the molecule is C[C@@H](NC(=O)Cc1noc2ccccc12)c1ccc2c(c1)NC(=O)CO2. The lowest BCUT2D eigenvalue weighted by Gasteiger charge is -2.20. The summed E-state index contributed by atoms with van der Waals surface area (Å²) in [5.74, 6) is 0.278. The third-order valence-corrected chi connectivity index (χ3v) is 4.29. The van der Waals surface area contributed by atoms with Crippen LogP contribution in [0.5, 0.6) is 5.75 Å². The highest BCUT2D eigenvalue weighted by molar-refractivity contribution is 5.95. The number of anilines is 1. The Kier molecular flexibility index (Phi) is 4.04. The van der Waals surface area contributed by atoms with E-state index in [4.69, 9.17) is 9.26 Å². The molecule has 1 aromatic heterocycles. The van der Waals surface area contributed by atoms with Gasteiger partial charge in [-0.15, -0.1) is 0 Å². The van der Waals surface area contributed by atoms with Crippen molar-refractivity contribution in [3.8, 4) is 5.75 Å². The minimum absolute atomic E-state index is 0.0181. The van der Waals surface area contributed by atoms with Crippen molar-refractivity contribution >= 4 is 28.5 Å². The van der Waals surface area contributed by atoms with Crippen molar-refractivity contribution in [2.24, 2.45) is 0 Å². The lowest BCUT2D eigenvalue weighted by atomic mass is 10.1. The van der Waals surface area contributed by atoms with Crippen LogP contribution in [-0.4, -0.2) is 23.6 Å². The summed E-state index contributed by atoms with van der Waals surface area (Å²) >= 11 is 0. The van der Waals surface area contributed by atoms with E-state index in [0.717, 1.165) is 10.9 Å². The molecule has 0 radical (unpaired) electrons. The van der Waals surface area contributed by atoms with Crippen molar-refractivity contribution in [3.05, 3.63) is 53.7 Å². The molecule has 1 atom stereocenters. The molecule has 0 saturated carbocycles. The summed E-state index contributed by atoms with van der Waals surface area (Å²) in [5.41, 5.74) is 2.75. The molecular weight excluding hydrogens is 334 g/mol. The summed E-state index contributed by atoms with van der Waals surface area (Å²) in [4.78, 5) is 23.8. The highest BCUT2D eigenvalue weighted by Gasteiger charge is 2.19. The van der Waals surface area contributed by atoms with Gasteiger partial charge in [-0.05, 0) is 36.8 Å². The minimum Gasteiger partial charge on any atom is -0.482 e. The fourth-order valence-electron chi connectivity index (χ4n) is 2.96. The molecular formula is C19H17N3O4. The second-order valence-corrected chi connectivity index (χ2v) is 6.18. The molecule has 2 heterocycles. The number of carbonyl (C=O) groups excluding carboxylic acids is 2. The summed E-state index contributed by atoms with van der Waals surface area (Å²) in [5, 5.41) is 10.5. The van der Waals surface area contributed by atoms with Crippen molar-refractivity contribution in [3.63, 3.8) is 0 Å². The number of aromatic nitrogens is 1. The largest absolute Gasteiger partial charge is 0.482 e. The van der Waals surface area contributed by atoms with E-state index in [-0.39, 0.29) is 30.9 Å². The number of carbonyl (C=O) groups is 2. The van der Waals surface area contributed by atoms with Gasteiger partial charge >= 0.3 is 0 Å². The van der Waals surface area contributed by atoms with E-state index in [1.165, 1.54) is 0 Å². The van der Waals surface area contributed by atoms with Crippen molar-refractivity contribution < 1.29 is 18.8 Å². The average molecular weight is 351 g/mol. The predicted molar refractivity (Wildman–Crippen MR) is 94.8 cm³/mol. The molecule has 7 heteroatoms. The van der Waals surface area contributed by atoms with Gasteiger partial charge in [0, 0.05) is 5.39 Å². The van der Waals surface area contributed by atoms with E-state index >= 15 is 0 Å². The topological polar surface area (TPSA) is 93.5 Å². The van der Waals surface area contributed by atoms with Crippen LogP contribution in [0.1, 0.15) is 24.2 Å². The summed E-state index contributed by atoms with van der Waals surface area (Å²) < 4.78 is 10.6. The monoisotopic (exact) mass is 351 g/mol. The quantitative estimate of drug-likeness (QED) is 0.753. The van der Waals surface area contributed by atoms with Crippen LogP contribution < -0.4 is 15.4 Å². The first-order valence-electron chi connectivity index (χ1n) is 8.29. The number of ether oxygens (including phenoxy) is 1. The number of fused-ring (bicyclic) bond motifs is 2. The normalized spacial score (nSPS) is 14.3. The number of para-hydroxylation sites is 1. The summed E-state index contributed by atoms with van der Waals surface area (Å²) in [7, 11) is 0. The molecule has 7 nitrogen and oxygen atoms in total. The first-order chi connectivity index (χ1) is 12.6. The standard InChI is InChI=1S/C19H17N3O4/c1-11(12-6-7-17-15(8-12)21-19(24)10-25-17)20-18(23)9-14-13-4-2-3-5-16(13)26-22-14/h2-8,11H,9-10H2,1H3,(H,20,23)(H,21,24)/t11-/m1/s1. The number of nitrogens with one attached hydrogen (secondary N) is 2. The first kappa shape index (κ1) is 16.1. The summed E-state index contributed by atoms with van der Waals surface area (Å²) in [6.45, 7) is 1.90. The number of hydrogen-bond donors (Lipinski definition) is 2. The van der Waals surface area contributed by atoms with E-state index in [1.807, 2.05) is 43.3 Å². The van der Waals surface area contributed by atoms with Crippen LogP contribution in [0.3, 0.4) is 0 Å². The Morgan fingerprint density at radius 3 is 3.04 bits per heavy atom. The molecule has 3 aromatic rings. The van der Waals surface area contributed by atoms with E-state index in [2.05, 4.69) is 15.8 Å². The number of hydrogen-bond acceptors (Lipinski definition) is 5. The third kappa shape index (κ3) is 3.11. The van der Waals surface area contributed by atoms with Crippen molar-refractivity contribution in [1.29, 1.82) is 0 Å². The van der Waals surface area contributed by atoms with E-state index in [1.54, 1.807) is 6.07 Å². The van der Waals surface area contributed by atoms with Gasteiger partial charge in [-0.1, -0.05) is 23.4 Å². The van der Waals surface area contributed by atoms with Gasteiger partial charge in [0.1, 0.15) is 11.4 Å². The van der Waals surface area contributed by atoms with Crippen molar-refractivity contribution in [1.82, 2.24) is 10.5 Å². The molecule has 0 bridgehead atoms. The molecule has 4 rings (SSSR count). The maximum atomic E-state index is 12.4. The van der Waals surface area contributed by atoms with Crippen molar-refractivity contribution in [2.45, 2.75) is 19.4 Å². The molecule has 2 aromatic carbocycles. The highest BCUT2D eigenvalue weighted by Crippen LogP contribution is 2.30. The second-order valence-electron chi connectivity index (χ2n) is 6.18. The number of nitrogens with zero attached hydrogens (tertiary/aromatic N) is 1. The highest BCUT2D eigenvalue weighted by atomic mass is 16.5. The maximum Gasteiger partial charge on any atom is 0.262 e. The van der Waals surface area contributed by atoms with Gasteiger partial charge in [0.2, 0.25) is 5.91 Å². The number of amides is 2. The predicted octanol–water partition coefficient (Wildman–Crippen LogP) is 2.58. The number of rotatable bonds is 4. The van der Waals surface area contributed by atoms with Crippen LogP contribution in [0.25, 0.3) is 11.0 Å². The molecule has 0 spiro atoms. The van der Waals surface area contributed by atoms with Crippen LogP contribution in [0.15, 0.2) is 47.0 Å². The average Bonchev–Trinajstić information content (AvgIpc) is 3.04. The Balaban J connectivity index is 1.46. The zero-order chi connectivity index (χ0) is 18.1. The van der Waals surface area contributed by atoms with Gasteiger partial charge < -0.3 is 19.9 Å². The molecule has 0 aliphatic carbocycles. The Labute approximate surface area is 149 Å². The molecule has 0 saturated heterocycles. The van der Waals surface area contributed by atoms with Gasteiger partial charge in [-0.2, -0.15) is 0 Å². The van der Waals surface area contributed by atoms with Gasteiger partial charge in [0.05, 0.1) is 18.2 Å². The molecule has 0 unspecified atom stereocenters. The molecule has 1 aliphatic rings. The van der Waals surface area contributed by atoms with Crippen molar-refractivity contribution in [2.75, 3.05) is 11.9 Å². The Morgan fingerprint density at radius 1 is 1.31 bits per heavy atom. The molecule has 1 aliphatic heterocycles. The van der Waals surface area contributed by atoms with E-state index in [0.29, 0.717) is 22.7 Å². The second kappa shape index (κ2) is 6.51. The van der Waals surface area contributed by atoms with E-state index in [9.17, 15) is 9.59 Å². The minimum atomic E-state index is -0.232. The molecule has 2 amide bonds. The summed E-state index contributed by atoms with van der Waals surface area (Å²) in [6.07, 6.45) is 0.131. The molecule has 0 fully saturated rings. The van der Waals surface area contributed by atoms with E-state index < -0.39 is 0 Å². The zero-order valence-electron chi connectivity index (χ0n) is 14.1. The van der Waals surface area contributed by atoms with Crippen LogP contribution in [0.2, 0.25) is 0 Å². The molecule has 132 valence electrons. The molecule has 26 heavy (non-hydrogen) atoms. The Bertz CT molecular complexity index is 995. The fourth-order valence-corrected chi connectivity index (χ4v) is 2.96. The lowest BCUT2D eigenvalue weighted by Crippen LogP contribution is -2.29. The van der Waals surface area contributed by atoms with Gasteiger partial charge in [-0.25, -0.2) is 0 Å². The maximum absolute atomic E-state index is 12.4. The van der Waals surface area contributed by atoms with Crippen LogP contribution >= 0.6 is 0 Å². The zero-order valence-corrected chi connectivity index (χ0v) is 14.1. The Morgan fingerprint density at radius 2 is 2.15 bits per heavy atom. The van der Waals surface area contributed by atoms with Crippen LogP contribution in [0, 0.1) is 0 Å². The smallest absolute Gasteiger partial charge is 0.262 e. The fraction of sp³-hybridized carbons (Fsp3) is 0.211. The van der Waals surface area contributed by atoms with Gasteiger partial charge in [0.15, 0.2) is 12.2 Å². The van der Waals surface area contributed by atoms with Gasteiger partial charge in [-0.3, -0.25) is 9.59 Å². The van der Waals surface area contributed by atoms with Gasteiger partial charge in [0.25, 0.3) is 5.91 Å².